The number of carboxylic acids is 1. The zero-order chi connectivity index (χ0) is 15.9. The fourth-order valence-corrected chi connectivity index (χ4v) is 1.87. The minimum absolute atomic E-state index is 0.169. The number of ether oxygens (including phenoxy) is 1. The van der Waals surface area contributed by atoms with E-state index in [0.717, 1.165) is 5.56 Å². The molecule has 0 atom stereocenters. The van der Waals surface area contributed by atoms with Crippen LogP contribution in [-0.2, 0) is 11.3 Å². The van der Waals surface area contributed by atoms with Crippen molar-refractivity contribution in [2.24, 2.45) is 5.73 Å². The molecule has 2 rings (SSSR count). The molecule has 22 heavy (non-hydrogen) atoms. The molecule has 0 heterocycles. The van der Waals surface area contributed by atoms with Gasteiger partial charge in [0.25, 0.3) is 5.91 Å². The van der Waals surface area contributed by atoms with E-state index in [1.807, 2.05) is 6.07 Å². The van der Waals surface area contributed by atoms with Crippen LogP contribution in [0.4, 0.5) is 5.69 Å². The van der Waals surface area contributed by atoms with Gasteiger partial charge in [-0.2, -0.15) is 0 Å². The Morgan fingerprint density at radius 3 is 2.64 bits per heavy atom. The van der Waals surface area contributed by atoms with Gasteiger partial charge >= 0.3 is 5.97 Å². The third-order valence-electron chi connectivity index (χ3n) is 2.89. The van der Waals surface area contributed by atoms with Gasteiger partial charge in [0.15, 0.2) is 6.61 Å². The summed E-state index contributed by atoms with van der Waals surface area (Å²) in [5.41, 5.74) is 6.90. The van der Waals surface area contributed by atoms with Crippen LogP contribution in [0, 0.1) is 0 Å². The maximum atomic E-state index is 10.9. The summed E-state index contributed by atoms with van der Waals surface area (Å²) in [5.74, 6) is -0.947. The minimum Gasteiger partial charge on any atom is -0.484 e. The van der Waals surface area contributed by atoms with Crippen molar-refractivity contribution >= 4 is 17.6 Å². The molecule has 0 aliphatic carbocycles. The topological polar surface area (TPSA) is 102 Å². The van der Waals surface area contributed by atoms with E-state index in [9.17, 15) is 9.59 Å². The largest absolute Gasteiger partial charge is 0.484 e. The van der Waals surface area contributed by atoms with Gasteiger partial charge in [-0.05, 0) is 35.9 Å². The molecule has 0 spiro atoms. The number of carbonyl (C=O) groups is 2. The van der Waals surface area contributed by atoms with Gasteiger partial charge in [-0.15, -0.1) is 0 Å². The second-order valence-corrected chi connectivity index (χ2v) is 4.64. The number of nitrogens with two attached hydrogens (primary N) is 1. The molecular weight excluding hydrogens is 284 g/mol. The molecule has 0 saturated carbocycles. The highest BCUT2D eigenvalue weighted by Crippen LogP contribution is 2.16. The molecule has 0 unspecified atom stereocenters. The van der Waals surface area contributed by atoms with Crippen molar-refractivity contribution in [3.05, 3.63) is 59.7 Å². The summed E-state index contributed by atoms with van der Waals surface area (Å²) in [6, 6.07) is 13.8. The Bertz CT molecular complexity index is 685. The van der Waals surface area contributed by atoms with Crippen molar-refractivity contribution < 1.29 is 19.4 Å². The Hall–Kier alpha value is -3.02. The summed E-state index contributed by atoms with van der Waals surface area (Å²) in [6.07, 6.45) is 0. The zero-order valence-electron chi connectivity index (χ0n) is 11.8. The monoisotopic (exact) mass is 300 g/mol. The Morgan fingerprint density at radius 1 is 1.14 bits per heavy atom. The van der Waals surface area contributed by atoms with Gasteiger partial charge in [-0.1, -0.05) is 18.2 Å². The van der Waals surface area contributed by atoms with E-state index in [-0.39, 0.29) is 12.2 Å². The highest BCUT2D eigenvalue weighted by atomic mass is 16.5. The number of hydrogen-bond donors (Lipinski definition) is 3. The number of carboxylic acid groups (broad SMARTS) is 1. The smallest absolute Gasteiger partial charge is 0.335 e. The average Bonchev–Trinajstić information content (AvgIpc) is 2.51. The molecule has 6 heteroatoms. The van der Waals surface area contributed by atoms with Crippen LogP contribution in [0.25, 0.3) is 0 Å². The Balaban J connectivity index is 1.99. The first-order valence-electron chi connectivity index (χ1n) is 6.62. The number of aromatic carboxylic acids is 1. The van der Waals surface area contributed by atoms with Gasteiger partial charge in [0.1, 0.15) is 5.75 Å². The normalized spacial score (nSPS) is 10.0. The number of anilines is 1. The average molecular weight is 300 g/mol. The SMILES string of the molecule is NC(=O)COc1cccc(CNc2cccc(C(=O)O)c2)c1. The molecule has 0 saturated heterocycles. The lowest BCUT2D eigenvalue weighted by Gasteiger charge is -2.09. The lowest BCUT2D eigenvalue weighted by Crippen LogP contribution is -2.20. The molecule has 114 valence electrons. The van der Waals surface area contributed by atoms with Crippen molar-refractivity contribution in [1.82, 2.24) is 0 Å². The van der Waals surface area contributed by atoms with E-state index in [1.165, 1.54) is 6.07 Å². The van der Waals surface area contributed by atoms with Crippen LogP contribution in [-0.4, -0.2) is 23.6 Å². The molecule has 6 nitrogen and oxygen atoms in total. The summed E-state index contributed by atoms with van der Waals surface area (Å²) in [6.45, 7) is 0.328. The van der Waals surface area contributed by atoms with Crippen LogP contribution in [0.2, 0.25) is 0 Å². The number of primary amides is 1. The van der Waals surface area contributed by atoms with E-state index in [4.69, 9.17) is 15.6 Å². The third kappa shape index (κ3) is 4.52. The molecule has 0 aliphatic heterocycles. The number of rotatable bonds is 7. The molecule has 0 bridgehead atoms. The van der Waals surface area contributed by atoms with E-state index >= 15 is 0 Å². The number of benzene rings is 2. The van der Waals surface area contributed by atoms with E-state index < -0.39 is 11.9 Å². The summed E-state index contributed by atoms with van der Waals surface area (Å²) >= 11 is 0. The maximum Gasteiger partial charge on any atom is 0.335 e. The number of amides is 1. The fraction of sp³-hybridized carbons (Fsp3) is 0.125. The standard InChI is InChI=1S/C16H16N2O4/c17-15(19)10-22-14-6-1-3-11(7-14)9-18-13-5-2-4-12(8-13)16(20)21/h1-8,18H,9-10H2,(H2,17,19)(H,20,21). The number of nitrogens with one attached hydrogen (secondary N) is 1. The van der Waals surface area contributed by atoms with Crippen LogP contribution in [0.5, 0.6) is 5.75 Å². The molecule has 0 fully saturated rings. The number of carbonyl (C=O) groups excluding carboxylic acids is 1. The quantitative estimate of drug-likeness (QED) is 0.724. The van der Waals surface area contributed by atoms with Crippen LogP contribution in [0.15, 0.2) is 48.5 Å². The van der Waals surface area contributed by atoms with Gasteiger partial charge in [0.2, 0.25) is 0 Å². The second kappa shape index (κ2) is 7.12. The minimum atomic E-state index is -0.967. The molecule has 0 aliphatic rings. The fourth-order valence-electron chi connectivity index (χ4n) is 1.87. The maximum absolute atomic E-state index is 10.9. The van der Waals surface area contributed by atoms with E-state index in [0.29, 0.717) is 18.0 Å². The molecule has 2 aromatic rings. The Kier molecular flexibility index (Phi) is 4.98. The van der Waals surface area contributed by atoms with Crippen LogP contribution >= 0.6 is 0 Å². The van der Waals surface area contributed by atoms with E-state index in [1.54, 1.807) is 36.4 Å². The Labute approximate surface area is 127 Å². The molecular formula is C16H16N2O4. The second-order valence-electron chi connectivity index (χ2n) is 4.64. The first-order valence-corrected chi connectivity index (χ1v) is 6.62. The van der Waals surface area contributed by atoms with Crippen molar-refractivity contribution in [1.29, 1.82) is 0 Å². The van der Waals surface area contributed by atoms with Gasteiger partial charge in [0, 0.05) is 12.2 Å². The van der Waals surface area contributed by atoms with Crippen molar-refractivity contribution in [2.75, 3.05) is 11.9 Å². The first kappa shape index (κ1) is 15.4. The van der Waals surface area contributed by atoms with Crippen LogP contribution in [0.1, 0.15) is 15.9 Å². The predicted octanol–water partition coefficient (Wildman–Crippen LogP) is 1.86. The third-order valence-corrected chi connectivity index (χ3v) is 2.89. The van der Waals surface area contributed by atoms with Gasteiger partial charge in [0.05, 0.1) is 5.56 Å². The molecule has 4 N–H and O–H groups in total. The predicted molar refractivity (Wildman–Crippen MR) is 81.9 cm³/mol. The van der Waals surface area contributed by atoms with Crippen LogP contribution in [0.3, 0.4) is 0 Å². The molecule has 2 aromatic carbocycles. The van der Waals surface area contributed by atoms with Gasteiger partial charge in [-0.25, -0.2) is 4.79 Å². The highest BCUT2D eigenvalue weighted by Gasteiger charge is 2.03. The van der Waals surface area contributed by atoms with Gasteiger partial charge < -0.3 is 20.9 Å². The molecule has 0 aromatic heterocycles. The first-order chi connectivity index (χ1) is 10.5. The molecule has 0 radical (unpaired) electrons. The molecule has 1 amide bonds. The zero-order valence-corrected chi connectivity index (χ0v) is 11.8. The Morgan fingerprint density at radius 2 is 1.91 bits per heavy atom. The summed E-state index contributed by atoms with van der Waals surface area (Å²) in [7, 11) is 0. The lowest BCUT2D eigenvalue weighted by atomic mass is 10.2. The van der Waals surface area contributed by atoms with Gasteiger partial charge in [-0.3, -0.25) is 4.79 Å². The van der Waals surface area contributed by atoms with Crippen LogP contribution < -0.4 is 15.8 Å². The van der Waals surface area contributed by atoms with E-state index in [2.05, 4.69) is 5.32 Å². The van der Waals surface area contributed by atoms with Crippen molar-refractivity contribution in [3.8, 4) is 5.75 Å². The summed E-state index contributed by atoms with van der Waals surface area (Å²) in [5, 5.41) is 12.1. The van der Waals surface area contributed by atoms with Crippen molar-refractivity contribution in [2.45, 2.75) is 6.54 Å². The summed E-state index contributed by atoms with van der Waals surface area (Å²) < 4.78 is 5.23. The summed E-state index contributed by atoms with van der Waals surface area (Å²) in [4.78, 5) is 21.6. The highest BCUT2D eigenvalue weighted by molar-refractivity contribution is 5.88. The lowest BCUT2D eigenvalue weighted by molar-refractivity contribution is -0.119. The van der Waals surface area contributed by atoms with Crippen molar-refractivity contribution in [3.63, 3.8) is 0 Å². The number of hydrogen-bond acceptors (Lipinski definition) is 4.